The lowest BCUT2D eigenvalue weighted by atomic mass is 9.60. The Morgan fingerprint density at radius 1 is 0.458 bits per heavy atom. The van der Waals surface area contributed by atoms with E-state index in [-0.39, 0.29) is 23.8 Å². The minimum Gasteiger partial charge on any atom is -0.465 e. The Labute approximate surface area is 430 Å². The maximum absolute atomic E-state index is 12.0. The Hall–Kier alpha value is -1.46. The molecule has 14 nitrogen and oxygen atoms in total. The number of hydrogen-bond acceptors (Lipinski definition) is 14. The highest BCUT2D eigenvalue weighted by atomic mass is 16.6. The predicted molar refractivity (Wildman–Crippen MR) is 265 cm³/mol. The van der Waals surface area contributed by atoms with Gasteiger partial charge in [0.05, 0.1) is 125 Å². The van der Waals surface area contributed by atoms with Crippen molar-refractivity contribution in [2.45, 2.75) is 260 Å². The summed E-state index contributed by atoms with van der Waals surface area (Å²) in [5, 5.41) is 8.77. The minimum absolute atomic E-state index is 0.00258. The third-order valence-electron chi connectivity index (χ3n) is 20.0. The zero-order valence-electron chi connectivity index (χ0n) is 44.0. The molecule has 14 aliphatic rings. The Kier molecular flexibility index (Phi) is 17.6. The Bertz CT molecular complexity index is 1700. The highest BCUT2D eigenvalue weighted by Gasteiger charge is 2.49. The summed E-state index contributed by atoms with van der Waals surface area (Å²) in [7, 11) is 0. The van der Waals surface area contributed by atoms with E-state index in [0.29, 0.717) is 123 Å². The van der Waals surface area contributed by atoms with Gasteiger partial charge in [-0.15, -0.1) is 0 Å². The van der Waals surface area contributed by atoms with Crippen molar-refractivity contribution in [2.75, 3.05) is 46.2 Å². The molecular formula is C58H92O14. The molecule has 72 heavy (non-hydrogen) atoms. The van der Waals surface area contributed by atoms with Crippen LogP contribution in [-0.2, 0) is 61.7 Å². The monoisotopic (exact) mass is 1010 g/mol. The largest absolute Gasteiger partial charge is 0.465 e. The number of ether oxygens (including phenoxy) is 11. The van der Waals surface area contributed by atoms with E-state index in [1.54, 1.807) is 0 Å². The molecule has 7 aliphatic carbocycles. The second-order valence-corrected chi connectivity index (χ2v) is 25.6. The SMILES string of the molecule is CC(C)(C1CCC(OCC2CO2)CC1)C1CCC(OCC2CO2)CC1.O=C(OCC1CCC2OC2C1)C1CCC2OC2C1.O=C(OCCCC1CCC2OC2C1)C1CCC2OC2C1.OCC1CCC2OC2C1. The van der Waals surface area contributed by atoms with Gasteiger partial charge in [-0.05, 0) is 196 Å². The van der Waals surface area contributed by atoms with Crippen LogP contribution in [0.1, 0.15) is 174 Å². The summed E-state index contributed by atoms with van der Waals surface area (Å²) in [4.78, 5) is 24.0. The van der Waals surface area contributed by atoms with Crippen LogP contribution in [0.3, 0.4) is 0 Å². The standard InChI is InChI=1S/C21H36O4.C16H24O4.C14H20O4.C7H12O2/c1-21(2,15-3-7-17(8-4-15)22-11-19-13-24-19)16-5-9-18(10-6-16)23-12-20-14-25-20;17-16(11-4-6-13-15(9-11)20-13)18-7-1-2-10-3-5-12-14(8-10)19-12;15-14(9-2-4-11-13(6-9)18-11)16-7-8-1-3-10-12(5-8)17-10;8-4-5-1-2-6-7(3-5)9-6/h15-20H,3-14H2,1-2H3;10-15H,1-9H2;8-13H,1-7H2;5-8H,1-4H2. The Morgan fingerprint density at radius 2 is 0.861 bits per heavy atom. The van der Waals surface area contributed by atoms with Gasteiger partial charge in [0.25, 0.3) is 0 Å². The maximum atomic E-state index is 12.0. The van der Waals surface area contributed by atoms with Crippen LogP contribution in [0.25, 0.3) is 0 Å². The molecule has 7 saturated heterocycles. The molecule has 7 heterocycles. The molecule has 408 valence electrons. The number of rotatable bonds is 17. The van der Waals surface area contributed by atoms with E-state index >= 15 is 0 Å². The van der Waals surface area contributed by atoms with Crippen molar-refractivity contribution in [3.8, 4) is 0 Å². The summed E-state index contributed by atoms with van der Waals surface area (Å²) in [6.07, 6.45) is 35.4. The second-order valence-electron chi connectivity index (χ2n) is 25.6. The van der Waals surface area contributed by atoms with Crippen molar-refractivity contribution in [1.82, 2.24) is 0 Å². The van der Waals surface area contributed by atoms with Crippen molar-refractivity contribution >= 4 is 11.9 Å². The third kappa shape index (κ3) is 15.2. The lowest BCUT2D eigenvalue weighted by Gasteiger charge is -2.46. The van der Waals surface area contributed by atoms with Crippen LogP contribution in [0, 0.1) is 46.8 Å². The number of esters is 2. The molecule has 14 heteroatoms. The highest BCUT2D eigenvalue weighted by Crippen LogP contribution is 2.50. The molecule has 17 atom stereocenters. The molecule has 0 radical (unpaired) electrons. The Morgan fingerprint density at radius 3 is 1.31 bits per heavy atom. The predicted octanol–water partition coefficient (Wildman–Crippen LogP) is 8.62. The van der Waals surface area contributed by atoms with Crippen molar-refractivity contribution in [3.63, 3.8) is 0 Å². The van der Waals surface area contributed by atoms with Crippen LogP contribution in [0.2, 0.25) is 0 Å². The van der Waals surface area contributed by atoms with Crippen molar-refractivity contribution in [2.24, 2.45) is 46.8 Å². The summed E-state index contributed by atoms with van der Waals surface area (Å²) >= 11 is 0. The fourth-order valence-electron chi connectivity index (χ4n) is 14.4. The molecule has 0 aromatic carbocycles. The average Bonchev–Trinajstić information content (AvgIpc) is 4.19. The van der Waals surface area contributed by atoms with E-state index in [0.717, 1.165) is 121 Å². The smallest absolute Gasteiger partial charge is 0.309 e. The van der Waals surface area contributed by atoms with Crippen LogP contribution in [0.5, 0.6) is 0 Å². The second kappa shape index (κ2) is 24.1. The van der Waals surface area contributed by atoms with Crippen LogP contribution in [0.15, 0.2) is 0 Å². The van der Waals surface area contributed by atoms with Gasteiger partial charge in [0.15, 0.2) is 0 Å². The lowest BCUT2D eigenvalue weighted by Crippen LogP contribution is -2.39. The Balaban J connectivity index is 0.000000108. The normalized spacial score (nSPS) is 45.2. The summed E-state index contributed by atoms with van der Waals surface area (Å²) in [6.45, 7) is 10.0. The summed E-state index contributed by atoms with van der Waals surface area (Å²) < 4.78 is 60.8. The minimum atomic E-state index is 0.00258. The zero-order valence-corrected chi connectivity index (χ0v) is 44.0. The van der Waals surface area contributed by atoms with E-state index in [2.05, 4.69) is 13.8 Å². The number of carbonyl (C=O) groups is 2. The van der Waals surface area contributed by atoms with Gasteiger partial charge in [-0.25, -0.2) is 0 Å². The zero-order chi connectivity index (χ0) is 49.2. The van der Waals surface area contributed by atoms with Gasteiger partial charge in [0.2, 0.25) is 0 Å². The lowest BCUT2D eigenvalue weighted by molar-refractivity contribution is -0.151. The fraction of sp³-hybridized carbons (Fsp3) is 0.966. The topological polar surface area (TPSA) is 179 Å². The average molecular weight is 1010 g/mol. The molecule has 14 fully saturated rings. The summed E-state index contributed by atoms with van der Waals surface area (Å²) in [5.41, 5.74) is 0.454. The van der Waals surface area contributed by atoms with Crippen molar-refractivity contribution < 1.29 is 66.8 Å². The molecule has 17 unspecified atom stereocenters. The highest BCUT2D eigenvalue weighted by molar-refractivity contribution is 5.73. The molecule has 0 aromatic rings. The molecule has 0 amide bonds. The number of fused-ring (bicyclic) bond motifs is 5. The van der Waals surface area contributed by atoms with Crippen LogP contribution < -0.4 is 0 Å². The number of epoxide rings is 7. The van der Waals surface area contributed by atoms with Gasteiger partial charge in [0, 0.05) is 6.61 Å². The number of carbonyl (C=O) groups excluding carboxylic acids is 2. The molecule has 14 rings (SSSR count). The maximum Gasteiger partial charge on any atom is 0.309 e. The van der Waals surface area contributed by atoms with E-state index in [9.17, 15) is 9.59 Å². The first-order chi connectivity index (χ1) is 35.1. The van der Waals surface area contributed by atoms with Gasteiger partial charge in [-0.1, -0.05) is 13.8 Å². The van der Waals surface area contributed by atoms with Gasteiger partial charge in [-0.3, -0.25) is 9.59 Å². The molecule has 0 spiro atoms. The first kappa shape index (κ1) is 52.6. The van der Waals surface area contributed by atoms with Gasteiger partial charge < -0.3 is 57.2 Å². The van der Waals surface area contributed by atoms with Crippen molar-refractivity contribution in [1.29, 1.82) is 0 Å². The van der Waals surface area contributed by atoms with Gasteiger partial charge in [-0.2, -0.15) is 0 Å². The molecule has 1 N–H and O–H groups in total. The quantitative estimate of drug-likeness (QED) is 0.0832. The molecular weight excluding hydrogens is 921 g/mol. The number of aliphatic hydroxyl groups excluding tert-OH is 1. The fourth-order valence-corrected chi connectivity index (χ4v) is 14.4. The van der Waals surface area contributed by atoms with E-state index < -0.39 is 0 Å². The van der Waals surface area contributed by atoms with Crippen LogP contribution in [0.4, 0.5) is 0 Å². The van der Waals surface area contributed by atoms with Gasteiger partial charge >= 0.3 is 11.9 Å². The first-order valence-corrected chi connectivity index (χ1v) is 29.8. The molecule has 7 aliphatic heterocycles. The van der Waals surface area contributed by atoms with Crippen molar-refractivity contribution in [3.05, 3.63) is 0 Å². The molecule has 0 bridgehead atoms. The van der Waals surface area contributed by atoms with E-state index in [4.69, 9.17) is 57.2 Å². The van der Waals surface area contributed by atoms with Gasteiger partial charge in [0.1, 0.15) is 12.2 Å². The first-order valence-electron chi connectivity index (χ1n) is 29.8. The van der Waals surface area contributed by atoms with Crippen LogP contribution >= 0.6 is 0 Å². The molecule has 7 saturated carbocycles. The summed E-state index contributed by atoms with van der Waals surface area (Å²) in [5.74, 6) is 3.73. The summed E-state index contributed by atoms with van der Waals surface area (Å²) in [6, 6.07) is 0. The van der Waals surface area contributed by atoms with E-state index in [1.807, 2.05) is 0 Å². The number of hydrogen-bond donors (Lipinski definition) is 1. The molecule has 0 aromatic heterocycles. The van der Waals surface area contributed by atoms with E-state index in [1.165, 1.54) is 83.5 Å². The number of aliphatic hydroxyl groups is 1. The van der Waals surface area contributed by atoms with Crippen LogP contribution in [-0.4, -0.2) is 149 Å². The third-order valence-corrected chi connectivity index (χ3v) is 20.0.